The van der Waals surface area contributed by atoms with Gasteiger partial charge in [0.05, 0.1) is 22.8 Å². The SMILES string of the molecule is O=C1CSCC(=O)N1c1cccc(C(F)(F)F)c1. The van der Waals surface area contributed by atoms with E-state index >= 15 is 0 Å². The van der Waals surface area contributed by atoms with Gasteiger partial charge in [-0.3, -0.25) is 9.59 Å². The Balaban J connectivity index is 2.38. The lowest BCUT2D eigenvalue weighted by Gasteiger charge is -2.25. The average molecular weight is 275 g/mol. The molecule has 7 heteroatoms. The molecule has 1 aliphatic heterocycles. The average Bonchev–Trinajstić information content (AvgIpc) is 2.28. The van der Waals surface area contributed by atoms with E-state index in [2.05, 4.69) is 0 Å². The molecule has 0 aromatic heterocycles. The molecule has 18 heavy (non-hydrogen) atoms. The van der Waals surface area contributed by atoms with Crippen LogP contribution >= 0.6 is 11.8 Å². The Kier molecular flexibility index (Phi) is 3.34. The number of benzene rings is 1. The fraction of sp³-hybridized carbons (Fsp3) is 0.273. The third kappa shape index (κ3) is 2.50. The summed E-state index contributed by atoms with van der Waals surface area (Å²) in [7, 11) is 0. The van der Waals surface area contributed by atoms with Gasteiger partial charge in [0, 0.05) is 0 Å². The van der Waals surface area contributed by atoms with Crippen LogP contribution in [0.4, 0.5) is 18.9 Å². The van der Waals surface area contributed by atoms with Crippen LogP contribution in [0.3, 0.4) is 0 Å². The smallest absolute Gasteiger partial charge is 0.273 e. The highest BCUT2D eigenvalue weighted by molar-refractivity contribution is 8.00. The standard InChI is InChI=1S/C11H8F3NO2S/c12-11(13,14)7-2-1-3-8(4-7)15-9(16)5-18-6-10(15)17/h1-4H,5-6H2. The Labute approximate surface area is 105 Å². The highest BCUT2D eigenvalue weighted by atomic mass is 32.2. The summed E-state index contributed by atoms with van der Waals surface area (Å²) in [6, 6.07) is 4.21. The van der Waals surface area contributed by atoms with E-state index in [0.29, 0.717) is 0 Å². The molecule has 0 unspecified atom stereocenters. The second-order valence-electron chi connectivity index (χ2n) is 3.66. The number of anilines is 1. The number of carbonyl (C=O) groups is 2. The molecular weight excluding hydrogens is 267 g/mol. The van der Waals surface area contributed by atoms with Gasteiger partial charge in [-0.25, -0.2) is 4.90 Å². The van der Waals surface area contributed by atoms with Crippen LogP contribution in [0.15, 0.2) is 24.3 Å². The van der Waals surface area contributed by atoms with E-state index in [-0.39, 0.29) is 17.2 Å². The van der Waals surface area contributed by atoms with Gasteiger partial charge in [0.25, 0.3) is 0 Å². The molecule has 1 heterocycles. The number of hydrogen-bond acceptors (Lipinski definition) is 3. The van der Waals surface area contributed by atoms with Gasteiger partial charge < -0.3 is 0 Å². The molecule has 1 aromatic carbocycles. The Morgan fingerprint density at radius 3 is 2.28 bits per heavy atom. The summed E-state index contributed by atoms with van der Waals surface area (Å²) in [5, 5.41) is 0. The van der Waals surface area contributed by atoms with Crippen molar-refractivity contribution in [2.75, 3.05) is 16.4 Å². The first-order chi connectivity index (χ1) is 8.39. The van der Waals surface area contributed by atoms with Gasteiger partial charge in [-0.05, 0) is 18.2 Å². The van der Waals surface area contributed by atoms with Crippen LogP contribution in [0.2, 0.25) is 0 Å². The molecule has 0 spiro atoms. The number of rotatable bonds is 1. The minimum absolute atomic E-state index is 0.0277. The Morgan fingerprint density at radius 1 is 1.11 bits per heavy atom. The van der Waals surface area contributed by atoms with Crippen LogP contribution in [0.1, 0.15) is 5.56 Å². The topological polar surface area (TPSA) is 37.4 Å². The van der Waals surface area contributed by atoms with Crippen molar-refractivity contribution in [3.8, 4) is 0 Å². The molecule has 0 atom stereocenters. The van der Waals surface area contributed by atoms with Gasteiger partial charge in [0.2, 0.25) is 11.8 Å². The van der Waals surface area contributed by atoms with Gasteiger partial charge in [0.15, 0.2) is 0 Å². The minimum atomic E-state index is -4.49. The van der Waals surface area contributed by atoms with E-state index in [0.717, 1.165) is 28.8 Å². The van der Waals surface area contributed by atoms with Gasteiger partial charge >= 0.3 is 6.18 Å². The van der Waals surface area contributed by atoms with E-state index in [1.54, 1.807) is 0 Å². The largest absolute Gasteiger partial charge is 0.416 e. The lowest BCUT2D eigenvalue weighted by atomic mass is 10.1. The molecular formula is C11H8F3NO2S. The Hall–Kier alpha value is -1.50. The van der Waals surface area contributed by atoms with Crippen LogP contribution in [-0.4, -0.2) is 23.3 Å². The van der Waals surface area contributed by atoms with Crippen molar-refractivity contribution >= 4 is 29.3 Å². The lowest BCUT2D eigenvalue weighted by molar-refractivity contribution is -0.137. The summed E-state index contributed by atoms with van der Waals surface area (Å²) < 4.78 is 37.6. The van der Waals surface area contributed by atoms with Crippen molar-refractivity contribution in [2.24, 2.45) is 0 Å². The molecule has 0 saturated carbocycles. The van der Waals surface area contributed by atoms with Crippen molar-refractivity contribution in [3.05, 3.63) is 29.8 Å². The van der Waals surface area contributed by atoms with E-state index in [1.165, 1.54) is 12.1 Å². The third-order valence-corrected chi connectivity index (χ3v) is 3.28. The first kappa shape index (κ1) is 12.9. The van der Waals surface area contributed by atoms with E-state index in [4.69, 9.17) is 0 Å². The van der Waals surface area contributed by atoms with Gasteiger partial charge in [-0.1, -0.05) is 6.07 Å². The van der Waals surface area contributed by atoms with Gasteiger partial charge in [-0.15, -0.1) is 11.8 Å². The van der Waals surface area contributed by atoms with Crippen LogP contribution in [0, 0.1) is 0 Å². The molecule has 1 saturated heterocycles. The molecule has 1 fully saturated rings. The Bertz CT molecular complexity index is 485. The summed E-state index contributed by atoms with van der Waals surface area (Å²) in [6.45, 7) is 0. The number of carbonyl (C=O) groups excluding carboxylic acids is 2. The zero-order chi connectivity index (χ0) is 13.3. The fourth-order valence-electron chi connectivity index (χ4n) is 1.60. The molecule has 0 radical (unpaired) electrons. The summed E-state index contributed by atoms with van der Waals surface area (Å²) in [4.78, 5) is 23.9. The van der Waals surface area contributed by atoms with Crippen LogP contribution in [0.25, 0.3) is 0 Å². The van der Waals surface area contributed by atoms with Crippen molar-refractivity contribution < 1.29 is 22.8 Å². The van der Waals surface area contributed by atoms with Gasteiger partial charge in [0.1, 0.15) is 0 Å². The van der Waals surface area contributed by atoms with Gasteiger partial charge in [-0.2, -0.15) is 13.2 Å². The lowest BCUT2D eigenvalue weighted by Crippen LogP contribution is -2.43. The summed E-state index contributed by atoms with van der Waals surface area (Å²) in [5.41, 5.74) is -0.904. The monoisotopic (exact) mass is 275 g/mol. The maximum absolute atomic E-state index is 12.5. The number of hydrogen-bond donors (Lipinski definition) is 0. The number of halogens is 3. The molecule has 0 aliphatic carbocycles. The molecule has 1 aliphatic rings. The number of alkyl halides is 3. The summed E-state index contributed by atoms with van der Waals surface area (Å²) in [6.07, 6.45) is -4.49. The normalized spacial score (nSPS) is 17.2. The second kappa shape index (κ2) is 4.64. The van der Waals surface area contributed by atoms with Crippen molar-refractivity contribution in [3.63, 3.8) is 0 Å². The summed E-state index contributed by atoms with van der Waals surface area (Å²) >= 11 is 1.16. The number of thioether (sulfide) groups is 1. The van der Waals surface area contributed by atoms with Crippen LogP contribution in [0.5, 0.6) is 0 Å². The van der Waals surface area contributed by atoms with E-state index in [9.17, 15) is 22.8 Å². The molecule has 0 bridgehead atoms. The van der Waals surface area contributed by atoms with E-state index < -0.39 is 23.6 Å². The van der Waals surface area contributed by atoms with Crippen LogP contribution < -0.4 is 4.90 Å². The highest BCUT2D eigenvalue weighted by Crippen LogP contribution is 2.32. The second-order valence-corrected chi connectivity index (χ2v) is 4.65. The predicted molar refractivity (Wildman–Crippen MR) is 61.3 cm³/mol. The summed E-state index contributed by atoms with van der Waals surface area (Å²) in [5.74, 6) is -0.782. The van der Waals surface area contributed by atoms with E-state index in [1.807, 2.05) is 0 Å². The maximum atomic E-state index is 12.5. The Morgan fingerprint density at radius 2 is 1.72 bits per heavy atom. The van der Waals surface area contributed by atoms with Crippen molar-refractivity contribution in [1.82, 2.24) is 0 Å². The zero-order valence-electron chi connectivity index (χ0n) is 9.03. The molecule has 2 amide bonds. The number of nitrogens with zero attached hydrogens (tertiary/aromatic N) is 1. The maximum Gasteiger partial charge on any atom is 0.416 e. The fourth-order valence-corrected chi connectivity index (χ4v) is 2.31. The van der Waals surface area contributed by atoms with Crippen molar-refractivity contribution in [2.45, 2.75) is 6.18 Å². The highest BCUT2D eigenvalue weighted by Gasteiger charge is 2.33. The first-order valence-electron chi connectivity index (χ1n) is 5.00. The molecule has 1 aromatic rings. The zero-order valence-corrected chi connectivity index (χ0v) is 9.85. The van der Waals surface area contributed by atoms with Crippen molar-refractivity contribution in [1.29, 1.82) is 0 Å². The molecule has 0 N–H and O–H groups in total. The molecule has 3 nitrogen and oxygen atoms in total. The number of amides is 2. The van der Waals surface area contributed by atoms with Crippen LogP contribution in [-0.2, 0) is 15.8 Å². The molecule has 2 rings (SSSR count). The minimum Gasteiger partial charge on any atom is -0.273 e. The number of imide groups is 1. The predicted octanol–water partition coefficient (Wildman–Crippen LogP) is 2.31. The first-order valence-corrected chi connectivity index (χ1v) is 6.16. The quantitative estimate of drug-likeness (QED) is 0.738. The third-order valence-electron chi connectivity index (χ3n) is 2.38. The molecule has 96 valence electrons.